The van der Waals surface area contributed by atoms with E-state index in [1.807, 2.05) is 13.8 Å². The highest BCUT2D eigenvalue weighted by atomic mass is 16.6. The van der Waals surface area contributed by atoms with Gasteiger partial charge in [0, 0.05) is 13.0 Å². The van der Waals surface area contributed by atoms with E-state index in [9.17, 15) is 4.79 Å². The van der Waals surface area contributed by atoms with Crippen molar-refractivity contribution < 1.29 is 23.7 Å². The zero-order chi connectivity index (χ0) is 20.1. The molecule has 6 nitrogen and oxygen atoms in total. The lowest BCUT2D eigenvalue weighted by Gasteiger charge is -2.29. The second kappa shape index (κ2) is 13.6. The minimum atomic E-state index is -0.771. The monoisotopic (exact) mass is 375 g/mol. The average molecular weight is 376 g/mol. The maximum Gasteiger partial charge on any atom is 0.164 e. The van der Waals surface area contributed by atoms with Crippen molar-refractivity contribution in [3.8, 4) is 0 Å². The lowest BCUT2D eigenvalue weighted by atomic mass is 9.94. The molecule has 0 amide bonds. The van der Waals surface area contributed by atoms with E-state index in [2.05, 4.69) is 27.7 Å². The van der Waals surface area contributed by atoms with Gasteiger partial charge in [0.25, 0.3) is 0 Å². The van der Waals surface area contributed by atoms with Crippen molar-refractivity contribution in [2.24, 2.45) is 11.7 Å². The Labute approximate surface area is 160 Å². The molecule has 6 heteroatoms. The summed E-state index contributed by atoms with van der Waals surface area (Å²) in [5.74, 6) is 0.617. The van der Waals surface area contributed by atoms with E-state index in [4.69, 9.17) is 24.7 Å². The molecule has 0 fully saturated rings. The largest absolute Gasteiger partial charge is 0.377 e. The van der Waals surface area contributed by atoms with E-state index in [1.54, 1.807) is 0 Å². The lowest BCUT2D eigenvalue weighted by Crippen LogP contribution is -2.36. The number of hydrogen-bond donors (Lipinski definition) is 1. The fraction of sp³-hybridized carbons (Fsp3) is 0.950. The molecule has 0 aromatic carbocycles. The molecule has 0 aromatic heterocycles. The zero-order valence-electron chi connectivity index (χ0n) is 17.8. The molecule has 0 saturated heterocycles. The molecule has 0 spiro atoms. The number of unbranched alkanes of at least 4 members (excludes halogenated alkanes) is 2. The zero-order valence-corrected chi connectivity index (χ0v) is 17.8. The second-order valence-corrected chi connectivity index (χ2v) is 7.89. The number of carbonyl (C=O) groups is 1. The first kappa shape index (κ1) is 25.5. The first-order valence-electron chi connectivity index (χ1n) is 9.80. The first-order valence-corrected chi connectivity index (χ1v) is 9.80. The third kappa shape index (κ3) is 12.0. The predicted octanol–water partition coefficient (Wildman–Crippen LogP) is 3.31. The molecule has 0 aliphatic rings. The summed E-state index contributed by atoms with van der Waals surface area (Å²) in [6.07, 6.45) is 3.36. The third-order valence-corrected chi connectivity index (χ3v) is 4.76. The molecule has 0 radical (unpaired) electrons. The highest BCUT2D eigenvalue weighted by Gasteiger charge is 2.27. The SMILES string of the molecule is CC(C)C(C)(C)OCCCCCC(=O)C(C)(C)OCCOCCOCN. The summed E-state index contributed by atoms with van der Waals surface area (Å²) in [5.41, 5.74) is 4.35. The highest BCUT2D eigenvalue weighted by Crippen LogP contribution is 2.21. The molecule has 0 heterocycles. The van der Waals surface area contributed by atoms with Gasteiger partial charge in [0.15, 0.2) is 5.78 Å². The van der Waals surface area contributed by atoms with Gasteiger partial charge in [-0.1, -0.05) is 20.3 Å². The normalized spacial score (nSPS) is 12.8. The van der Waals surface area contributed by atoms with Crippen LogP contribution < -0.4 is 5.73 Å². The van der Waals surface area contributed by atoms with Crippen molar-refractivity contribution in [2.75, 3.05) is 39.8 Å². The number of hydrogen-bond acceptors (Lipinski definition) is 6. The standard InChI is InChI=1S/C20H41NO5/c1-17(2)19(3,4)25-11-9-7-8-10-18(22)20(5,6)26-15-14-23-12-13-24-16-21/h17H,7-16,21H2,1-6H3. The fourth-order valence-electron chi connectivity index (χ4n) is 2.11. The summed E-state index contributed by atoms with van der Waals surface area (Å²) in [4.78, 5) is 12.3. The Morgan fingerprint density at radius 1 is 0.846 bits per heavy atom. The third-order valence-electron chi connectivity index (χ3n) is 4.76. The summed E-state index contributed by atoms with van der Waals surface area (Å²) in [6.45, 7) is 14.9. The van der Waals surface area contributed by atoms with Crippen molar-refractivity contribution in [3.63, 3.8) is 0 Å². The number of ether oxygens (including phenoxy) is 4. The van der Waals surface area contributed by atoms with Crippen molar-refractivity contribution in [1.82, 2.24) is 0 Å². The molecule has 2 N–H and O–H groups in total. The van der Waals surface area contributed by atoms with Gasteiger partial charge < -0.3 is 24.7 Å². The molecule has 0 aliphatic heterocycles. The van der Waals surface area contributed by atoms with Crippen molar-refractivity contribution in [1.29, 1.82) is 0 Å². The predicted molar refractivity (Wildman–Crippen MR) is 104 cm³/mol. The molecule has 0 aliphatic carbocycles. The molecular weight excluding hydrogens is 334 g/mol. The van der Waals surface area contributed by atoms with Gasteiger partial charge in [0.1, 0.15) is 5.60 Å². The highest BCUT2D eigenvalue weighted by molar-refractivity contribution is 5.86. The maximum atomic E-state index is 12.3. The van der Waals surface area contributed by atoms with Crippen LogP contribution in [-0.2, 0) is 23.7 Å². The molecule has 26 heavy (non-hydrogen) atoms. The smallest absolute Gasteiger partial charge is 0.164 e. The molecule has 0 aromatic rings. The molecule has 156 valence electrons. The minimum absolute atomic E-state index is 0.0931. The number of rotatable bonds is 17. The summed E-state index contributed by atoms with van der Waals surface area (Å²) in [6, 6.07) is 0. The molecule has 0 saturated carbocycles. The van der Waals surface area contributed by atoms with E-state index < -0.39 is 5.60 Å². The van der Waals surface area contributed by atoms with Gasteiger partial charge in [-0.25, -0.2) is 0 Å². The van der Waals surface area contributed by atoms with E-state index in [0.29, 0.717) is 38.8 Å². The van der Waals surface area contributed by atoms with Crippen LogP contribution in [0, 0.1) is 5.92 Å². The van der Waals surface area contributed by atoms with E-state index in [0.717, 1.165) is 25.9 Å². The van der Waals surface area contributed by atoms with Crippen LogP contribution >= 0.6 is 0 Å². The van der Waals surface area contributed by atoms with Crippen LogP contribution in [0.3, 0.4) is 0 Å². The van der Waals surface area contributed by atoms with Gasteiger partial charge in [0.2, 0.25) is 0 Å². The van der Waals surface area contributed by atoms with Crippen LogP contribution in [0.4, 0.5) is 0 Å². The Morgan fingerprint density at radius 2 is 1.46 bits per heavy atom. The van der Waals surface area contributed by atoms with Crippen molar-refractivity contribution >= 4 is 5.78 Å². The molecule has 0 rings (SSSR count). The Kier molecular flexibility index (Phi) is 13.3. The Balaban J connectivity index is 3.76. The van der Waals surface area contributed by atoms with Gasteiger partial charge in [-0.2, -0.15) is 0 Å². The quantitative estimate of drug-likeness (QED) is 0.310. The van der Waals surface area contributed by atoms with Crippen LogP contribution in [0.15, 0.2) is 0 Å². The Hall–Kier alpha value is -0.530. The minimum Gasteiger partial charge on any atom is -0.377 e. The molecule has 0 unspecified atom stereocenters. The summed E-state index contributed by atoms with van der Waals surface area (Å²) < 4.78 is 21.9. The summed E-state index contributed by atoms with van der Waals surface area (Å²) in [5, 5.41) is 0. The van der Waals surface area contributed by atoms with Crippen LogP contribution in [0.5, 0.6) is 0 Å². The van der Waals surface area contributed by atoms with Gasteiger partial charge in [0.05, 0.1) is 38.8 Å². The van der Waals surface area contributed by atoms with Crippen LogP contribution in [0.1, 0.15) is 67.2 Å². The van der Waals surface area contributed by atoms with Gasteiger partial charge >= 0.3 is 0 Å². The first-order chi connectivity index (χ1) is 12.1. The van der Waals surface area contributed by atoms with Gasteiger partial charge in [-0.15, -0.1) is 0 Å². The van der Waals surface area contributed by atoms with E-state index >= 15 is 0 Å². The molecular formula is C20H41NO5. The number of Topliss-reactive ketones (excluding diaryl/α,β-unsaturated/α-hetero) is 1. The summed E-state index contributed by atoms with van der Waals surface area (Å²) >= 11 is 0. The lowest BCUT2D eigenvalue weighted by molar-refractivity contribution is -0.142. The summed E-state index contributed by atoms with van der Waals surface area (Å²) in [7, 11) is 0. The van der Waals surface area contributed by atoms with Crippen molar-refractivity contribution in [3.05, 3.63) is 0 Å². The average Bonchev–Trinajstić information content (AvgIpc) is 2.56. The van der Waals surface area contributed by atoms with Gasteiger partial charge in [-0.3, -0.25) is 4.79 Å². The topological polar surface area (TPSA) is 80.0 Å². The van der Waals surface area contributed by atoms with Crippen LogP contribution in [-0.4, -0.2) is 56.8 Å². The van der Waals surface area contributed by atoms with Crippen molar-refractivity contribution in [2.45, 2.75) is 78.4 Å². The van der Waals surface area contributed by atoms with Crippen LogP contribution in [0.2, 0.25) is 0 Å². The van der Waals surface area contributed by atoms with E-state index in [-0.39, 0.29) is 18.1 Å². The second-order valence-electron chi connectivity index (χ2n) is 7.89. The fourth-order valence-corrected chi connectivity index (χ4v) is 2.11. The number of nitrogens with two attached hydrogens (primary N) is 1. The Morgan fingerprint density at radius 3 is 2.08 bits per heavy atom. The molecule has 0 atom stereocenters. The van der Waals surface area contributed by atoms with E-state index in [1.165, 1.54) is 0 Å². The number of carbonyl (C=O) groups excluding carboxylic acids is 1. The Bertz CT molecular complexity index is 369. The maximum absolute atomic E-state index is 12.3. The van der Waals surface area contributed by atoms with Gasteiger partial charge in [-0.05, 0) is 46.5 Å². The molecule has 0 bridgehead atoms. The number of ketones is 1. The van der Waals surface area contributed by atoms with Crippen LogP contribution in [0.25, 0.3) is 0 Å².